The van der Waals surface area contributed by atoms with E-state index in [0.29, 0.717) is 13.1 Å². The number of anilines is 1. The third kappa shape index (κ3) is 3.28. The molecule has 2 aromatic heterocycles. The fraction of sp³-hybridized carbons (Fsp3) is 0.267. The number of benzene rings is 1. The zero-order chi connectivity index (χ0) is 14.7. The molecule has 21 heavy (non-hydrogen) atoms. The molecule has 0 radical (unpaired) electrons. The minimum atomic E-state index is 0.569. The molecule has 2 heterocycles. The number of para-hydroxylation sites is 1. The Balaban J connectivity index is 1.65. The van der Waals surface area contributed by atoms with E-state index in [9.17, 15) is 0 Å². The van der Waals surface area contributed by atoms with Crippen molar-refractivity contribution >= 4 is 5.69 Å². The lowest BCUT2D eigenvalue weighted by Crippen LogP contribution is -2.16. The topological polar surface area (TPSA) is 60.0 Å². The van der Waals surface area contributed by atoms with Gasteiger partial charge in [0.05, 0.1) is 19.3 Å². The van der Waals surface area contributed by atoms with Crippen LogP contribution in [0.4, 0.5) is 5.69 Å². The Morgan fingerprint density at radius 2 is 2.00 bits per heavy atom. The summed E-state index contributed by atoms with van der Waals surface area (Å²) < 4.78 is 6.82. The zero-order valence-corrected chi connectivity index (χ0v) is 12.1. The molecule has 108 valence electrons. The summed E-state index contributed by atoms with van der Waals surface area (Å²) in [6, 6.07) is 12.1. The van der Waals surface area contributed by atoms with Gasteiger partial charge in [-0.15, -0.1) is 5.10 Å². The fourth-order valence-corrected chi connectivity index (χ4v) is 2.16. The lowest BCUT2D eigenvalue weighted by molar-refractivity contribution is 0.387. The van der Waals surface area contributed by atoms with E-state index in [1.54, 1.807) is 4.68 Å². The third-order valence-corrected chi connectivity index (χ3v) is 3.18. The number of rotatable bonds is 5. The summed E-state index contributed by atoms with van der Waals surface area (Å²) in [6.07, 6.45) is 1.93. The van der Waals surface area contributed by atoms with Crippen molar-refractivity contribution in [2.45, 2.75) is 20.0 Å². The molecule has 0 aliphatic heterocycles. The highest BCUT2D eigenvalue weighted by Crippen LogP contribution is 2.13. The molecule has 0 aliphatic rings. The molecule has 1 aromatic carbocycles. The van der Waals surface area contributed by atoms with E-state index in [1.165, 1.54) is 0 Å². The van der Waals surface area contributed by atoms with Crippen LogP contribution in [0.3, 0.4) is 0 Å². The summed E-state index contributed by atoms with van der Waals surface area (Å²) in [4.78, 5) is 2.13. The first-order valence-corrected chi connectivity index (χ1v) is 6.78. The maximum Gasteiger partial charge on any atom is 0.133 e. The predicted molar refractivity (Wildman–Crippen MR) is 78.9 cm³/mol. The highest BCUT2D eigenvalue weighted by Gasteiger charge is 2.07. The van der Waals surface area contributed by atoms with Crippen LogP contribution in [0, 0.1) is 6.92 Å². The van der Waals surface area contributed by atoms with Crippen LogP contribution in [0.15, 0.2) is 47.1 Å². The van der Waals surface area contributed by atoms with Gasteiger partial charge >= 0.3 is 0 Å². The van der Waals surface area contributed by atoms with Crippen LogP contribution in [0.2, 0.25) is 0 Å². The molecular formula is C15H17N5O. The summed E-state index contributed by atoms with van der Waals surface area (Å²) >= 11 is 0. The quantitative estimate of drug-likeness (QED) is 0.719. The van der Waals surface area contributed by atoms with Gasteiger partial charge in [0.15, 0.2) is 0 Å². The lowest BCUT2D eigenvalue weighted by atomic mass is 10.3. The van der Waals surface area contributed by atoms with Crippen molar-refractivity contribution in [2.75, 3.05) is 11.9 Å². The number of aromatic nitrogens is 4. The number of hydrogen-bond donors (Lipinski definition) is 0. The normalized spacial score (nSPS) is 10.8. The Labute approximate surface area is 123 Å². The Morgan fingerprint density at radius 1 is 1.19 bits per heavy atom. The van der Waals surface area contributed by atoms with Crippen LogP contribution in [0.1, 0.15) is 17.1 Å². The van der Waals surface area contributed by atoms with Gasteiger partial charge in [0.1, 0.15) is 17.1 Å². The molecule has 6 nitrogen and oxygen atoms in total. The summed E-state index contributed by atoms with van der Waals surface area (Å²) in [5.74, 6) is 0.800. The zero-order valence-electron chi connectivity index (χ0n) is 12.1. The molecule has 0 N–H and O–H groups in total. The van der Waals surface area contributed by atoms with Crippen molar-refractivity contribution in [3.63, 3.8) is 0 Å². The average Bonchev–Trinajstić information content (AvgIpc) is 3.09. The maximum atomic E-state index is 5.05. The molecule has 0 spiro atoms. The molecular weight excluding hydrogens is 266 g/mol. The average molecular weight is 283 g/mol. The van der Waals surface area contributed by atoms with E-state index in [0.717, 1.165) is 22.8 Å². The van der Waals surface area contributed by atoms with Crippen molar-refractivity contribution in [2.24, 2.45) is 0 Å². The molecule has 0 amide bonds. The van der Waals surface area contributed by atoms with Crippen molar-refractivity contribution in [3.8, 4) is 0 Å². The minimum Gasteiger partial charge on any atom is -0.369 e. The van der Waals surface area contributed by atoms with E-state index in [4.69, 9.17) is 4.52 Å². The molecule has 3 aromatic rings. The maximum absolute atomic E-state index is 5.05. The van der Waals surface area contributed by atoms with Gasteiger partial charge in [0, 0.05) is 18.8 Å². The smallest absolute Gasteiger partial charge is 0.133 e. The van der Waals surface area contributed by atoms with Gasteiger partial charge in [0.25, 0.3) is 0 Å². The van der Waals surface area contributed by atoms with Crippen LogP contribution in [0.25, 0.3) is 0 Å². The van der Waals surface area contributed by atoms with Gasteiger partial charge in [0.2, 0.25) is 0 Å². The molecule has 0 fully saturated rings. The van der Waals surface area contributed by atoms with Gasteiger partial charge in [-0.2, -0.15) is 0 Å². The van der Waals surface area contributed by atoms with Crippen molar-refractivity contribution in [1.29, 1.82) is 0 Å². The molecule has 3 rings (SSSR count). The first-order valence-electron chi connectivity index (χ1n) is 6.78. The first-order chi connectivity index (χ1) is 10.2. The Morgan fingerprint density at radius 3 is 2.71 bits per heavy atom. The standard InChI is InChI=1S/C15H17N5O/c1-12-8-13(17-21-12)10-20-11-14(16-18-20)9-19(2)15-6-4-3-5-7-15/h3-8,11H,9-10H2,1-2H3. The largest absolute Gasteiger partial charge is 0.369 e. The second-order valence-corrected chi connectivity index (χ2v) is 5.03. The number of hydrogen-bond acceptors (Lipinski definition) is 5. The highest BCUT2D eigenvalue weighted by molar-refractivity contribution is 5.45. The van der Waals surface area contributed by atoms with E-state index in [1.807, 2.05) is 44.4 Å². The molecule has 0 saturated carbocycles. The molecule has 6 heteroatoms. The summed E-state index contributed by atoms with van der Waals surface area (Å²) in [5, 5.41) is 12.3. The molecule has 0 unspecified atom stereocenters. The Bertz CT molecular complexity index is 704. The van der Waals surface area contributed by atoms with Crippen molar-refractivity contribution in [3.05, 3.63) is 59.7 Å². The lowest BCUT2D eigenvalue weighted by Gasteiger charge is -2.17. The Hall–Kier alpha value is -2.63. The van der Waals surface area contributed by atoms with E-state index >= 15 is 0 Å². The summed E-state index contributed by atoms with van der Waals surface area (Å²) in [7, 11) is 2.04. The predicted octanol–water partition coefficient (Wildman–Crippen LogP) is 2.26. The fourth-order valence-electron chi connectivity index (χ4n) is 2.16. The van der Waals surface area contributed by atoms with Gasteiger partial charge < -0.3 is 9.42 Å². The van der Waals surface area contributed by atoms with Crippen LogP contribution < -0.4 is 4.90 Å². The van der Waals surface area contributed by atoms with Gasteiger partial charge in [-0.1, -0.05) is 28.6 Å². The third-order valence-electron chi connectivity index (χ3n) is 3.18. The van der Waals surface area contributed by atoms with Crippen LogP contribution in [0.5, 0.6) is 0 Å². The summed E-state index contributed by atoms with van der Waals surface area (Å²) in [5.41, 5.74) is 2.92. The molecule has 0 aliphatic carbocycles. The molecule has 0 saturated heterocycles. The van der Waals surface area contributed by atoms with Crippen LogP contribution >= 0.6 is 0 Å². The van der Waals surface area contributed by atoms with E-state index in [-0.39, 0.29) is 0 Å². The second-order valence-electron chi connectivity index (χ2n) is 5.03. The van der Waals surface area contributed by atoms with Crippen LogP contribution in [-0.2, 0) is 13.1 Å². The highest BCUT2D eigenvalue weighted by atomic mass is 16.5. The van der Waals surface area contributed by atoms with Gasteiger partial charge in [-0.25, -0.2) is 4.68 Å². The number of aryl methyl sites for hydroxylation is 1. The van der Waals surface area contributed by atoms with Crippen molar-refractivity contribution < 1.29 is 4.52 Å². The first kappa shape index (κ1) is 13.4. The molecule has 0 atom stereocenters. The monoisotopic (exact) mass is 283 g/mol. The summed E-state index contributed by atoms with van der Waals surface area (Å²) in [6.45, 7) is 3.15. The number of nitrogens with zero attached hydrogens (tertiary/aromatic N) is 5. The van der Waals surface area contributed by atoms with Crippen molar-refractivity contribution in [1.82, 2.24) is 20.2 Å². The van der Waals surface area contributed by atoms with Gasteiger partial charge in [-0.3, -0.25) is 0 Å². The SMILES string of the molecule is Cc1cc(Cn2cc(CN(C)c3ccccc3)nn2)no1. The Kier molecular flexibility index (Phi) is 3.68. The van der Waals surface area contributed by atoms with Crippen LogP contribution in [-0.4, -0.2) is 27.2 Å². The van der Waals surface area contributed by atoms with Gasteiger partial charge in [-0.05, 0) is 19.1 Å². The van der Waals surface area contributed by atoms with E-state index in [2.05, 4.69) is 32.5 Å². The molecule has 0 bridgehead atoms. The van der Waals surface area contributed by atoms with E-state index < -0.39 is 0 Å². The minimum absolute atomic E-state index is 0.569. The second kappa shape index (κ2) is 5.78.